The van der Waals surface area contributed by atoms with Gasteiger partial charge in [-0.15, -0.1) is 0 Å². The summed E-state index contributed by atoms with van der Waals surface area (Å²) in [5, 5.41) is 0. The highest BCUT2D eigenvalue weighted by Crippen LogP contribution is 2.38. The molecule has 2 heterocycles. The van der Waals surface area contributed by atoms with E-state index in [2.05, 4.69) is 80.8 Å². The third-order valence-electron chi connectivity index (χ3n) is 6.96. The van der Waals surface area contributed by atoms with E-state index in [4.69, 9.17) is 9.47 Å². The molecule has 1 atom stereocenters. The van der Waals surface area contributed by atoms with Gasteiger partial charge in [-0.25, -0.2) is 0 Å². The van der Waals surface area contributed by atoms with Gasteiger partial charge in [-0.3, -0.25) is 9.80 Å². The Morgan fingerprint density at radius 1 is 1.12 bits per heavy atom. The highest BCUT2D eigenvalue weighted by molar-refractivity contribution is 5.50. The largest absolute Gasteiger partial charge is 0.493 e. The molecule has 174 valence electrons. The van der Waals surface area contributed by atoms with E-state index >= 15 is 0 Å². The number of ether oxygens (including phenoxy) is 2. The van der Waals surface area contributed by atoms with Gasteiger partial charge in [-0.2, -0.15) is 0 Å². The Morgan fingerprint density at radius 3 is 2.62 bits per heavy atom. The molecule has 0 saturated carbocycles. The number of benzene rings is 2. The molecule has 4 rings (SSSR count). The lowest BCUT2D eigenvalue weighted by atomic mass is 9.88. The van der Waals surface area contributed by atoms with Crippen molar-refractivity contribution in [3.8, 4) is 11.5 Å². The SMILES string of the molecule is COc1cc(CN2CCN(C(C)(C)C)C(c3ccccc3C(C)C)C2)cc2c1OCCC2. The lowest BCUT2D eigenvalue weighted by Gasteiger charge is -2.49. The van der Waals surface area contributed by atoms with Crippen LogP contribution in [0, 0.1) is 0 Å². The Morgan fingerprint density at radius 2 is 1.91 bits per heavy atom. The van der Waals surface area contributed by atoms with Crippen molar-refractivity contribution in [2.45, 2.75) is 71.5 Å². The molecule has 0 spiro atoms. The van der Waals surface area contributed by atoms with Crippen molar-refractivity contribution in [2.24, 2.45) is 0 Å². The number of aryl methyl sites for hydroxylation is 1. The molecule has 0 bridgehead atoms. The first-order valence-electron chi connectivity index (χ1n) is 12.2. The van der Waals surface area contributed by atoms with Gasteiger partial charge in [0, 0.05) is 37.8 Å². The van der Waals surface area contributed by atoms with Gasteiger partial charge in [-0.05, 0) is 67.9 Å². The molecule has 4 nitrogen and oxygen atoms in total. The molecule has 32 heavy (non-hydrogen) atoms. The zero-order valence-electron chi connectivity index (χ0n) is 20.8. The van der Waals surface area contributed by atoms with Crippen LogP contribution in [0.4, 0.5) is 0 Å². The minimum atomic E-state index is 0.132. The molecule has 2 aliphatic heterocycles. The minimum Gasteiger partial charge on any atom is -0.493 e. The maximum atomic E-state index is 5.91. The van der Waals surface area contributed by atoms with Gasteiger partial charge in [0.2, 0.25) is 0 Å². The van der Waals surface area contributed by atoms with E-state index in [1.807, 2.05) is 0 Å². The molecule has 1 saturated heterocycles. The summed E-state index contributed by atoms with van der Waals surface area (Å²) >= 11 is 0. The number of methoxy groups -OCH3 is 1. The standard InChI is InChI=1S/C28H40N2O2/c1-20(2)23-11-7-8-12-24(23)25-19-29(13-14-30(25)28(3,4)5)18-21-16-22-10-9-15-32-27(22)26(17-21)31-6/h7-8,11-12,16-17,20,25H,9-10,13-15,18-19H2,1-6H3. The number of piperazine rings is 1. The van der Waals surface area contributed by atoms with Crippen LogP contribution in [0.15, 0.2) is 36.4 Å². The predicted molar refractivity (Wildman–Crippen MR) is 132 cm³/mol. The zero-order chi connectivity index (χ0) is 22.9. The monoisotopic (exact) mass is 436 g/mol. The summed E-state index contributed by atoms with van der Waals surface area (Å²) in [7, 11) is 1.75. The number of rotatable bonds is 5. The first kappa shape index (κ1) is 23.1. The van der Waals surface area contributed by atoms with Gasteiger partial charge in [0.1, 0.15) is 0 Å². The molecule has 2 aromatic rings. The van der Waals surface area contributed by atoms with Crippen molar-refractivity contribution in [3.63, 3.8) is 0 Å². The molecule has 0 aromatic heterocycles. The van der Waals surface area contributed by atoms with Gasteiger partial charge < -0.3 is 9.47 Å². The predicted octanol–water partition coefficient (Wildman–Crippen LogP) is 5.80. The first-order valence-corrected chi connectivity index (χ1v) is 12.2. The summed E-state index contributed by atoms with van der Waals surface area (Å²) < 4.78 is 11.6. The lowest BCUT2D eigenvalue weighted by molar-refractivity contribution is 0.00552. The van der Waals surface area contributed by atoms with Crippen LogP contribution in [0.1, 0.15) is 75.3 Å². The third-order valence-corrected chi connectivity index (χ3v) is 6.96. The second kappa shape index (κ2) is 9.44. The second-order valence-corrected chi connectivity index (χ2v) is 10.6. The van der Waals surface area contributed by atoms with Crippen LogP contribution in [0.2, 0.25) is 0 Å². The van der Waals surface area contributed by atoms with E-state index < -0.39 is 0 Å². The Hall–Kier alpha value is -2.04. The Labute approximate surface area is 194 Å². The lowest BCUT2D eigenvalue weighted by Crippen LogP contribution is -2.55. The number of hydrogen-bond donors (Lipinski definition) is 0. The average molecular weight is 437 g/mol. The van der Waals surface area contributed by atoms with Gasteiger partial charge in [0.15, 0.2) is 11.5 Å². The molecular formula is C28H40N2O2. The van der Waals surface area contributed by atoms with Crippen LogP contribution in [0.3, 0.4) is 0 Å². The number of nitrogens with zero attached hydrogens (tertiary/aromatic N) is 2. The summed E-state index contributed by atoms with van der Waals surface area (Å²) in [6, 6.07) is 14.0. The molecule has 4 heteroatoms. The van der Waals surface area contributed by atoms with E-state index in [-0.39, 0.29) is 5.54 Å². The zero-order valence-corrected chi connectivity index (χ0v) is 20.8. The molecule has 0 amide bonds. The van der Waals surface area contributed by atoms with Crippen molar-refractivity contribution in [3.05, 3.63) is 58.7 Å². The molecule has 0 aliphatic carbocycles. The molecule has 1 fully saturated rings. The summed E-state index contributed by atoms with van der Waals surface area (Å²) in [5.41, 5.74) is 5.71. The molecule has 2 aliphatic rings. The van der Waals surface area contributed by atoms with Crippen molar-refractivity contribution in [1.29, 1.82) is 0 Å². The Kier molecular flexibility index (Phi) is 6.83. The molecule has 0 N–H and O–H groups in total. The van der Waals surface area contributed by atoms with Crippen molar-refractivity contribution < 1.29 is 9.47 Å². The van der Waals surface area contributed by atoms with E-state index in [0.717, 1.165) is 57.1 Å². The quantitative estimate of drug-likeness (QED) is 0.591. The fraction of sp³-hybridized carbons (Fsp3) is 0.571. The van der Waals surface area contributed by atoms with Crippen LogP contribution in [-0.2, 0) is 13.0 Å². The van der Waals surface area contributed by atoms with Crippen molar-refractivity contribution >= 4 is 0 Å². The van der Waals surface area contributed by atoms with Gasteiger partial charge in [0.25, 0.3) is 0 Å². The maximum Gasteiger partial charge on any atom is 0.164 e. The summed E-state index contributed by atoms with van der Waals surface area (Å²) in [6.07, 6.45) is 2.15. The highest BCUT2D eigenvalue weighted by Gasteiger charge is 2.36. The highest BCUT2D eigenvalue weighted by atomic mass is 16.5. The number of fused-ring (bicyclic) bond motifs is 1. The van der Waals surface area contributed by atoms with Crippen LogP contribution in [-0.4, -0.2) is 48.7 Å². The van der Waals surface area contributed by atoms with Gasteiger partial charge in [0.05, 0.1) is 13.7 Å². The average Bonchev–Trinajstić information content (AvgIpc) is 2.77. The fourth-order valence-electron chi connectivity index (χ4n) is 5.40. The van der Waals surface area contributed by atoms with Crippen molar-refractivity contribution in [2.75, 3.05) is 33.4 Å². The molecule has 0 radical (unpaired) electrons. The molecular weight excluding hydrogens is 396 g/mol. The fourth-order valence-corrected chi connectivity index (χ4v) is 5.40. The van der Waals surface area contributed by atoms with Crippen LogP contribution in [0.25, 0.3) is 0 Å². The van der Waals surface area contributed by atoms with E-state index in [0.29, 0.717) is 12.0 Å². The topological polar surface area (TPSA) is 24.9 Å². The first-order chi connectivity index (χ1) is 15.3. The third kappa shape index (κ3) is 4.82. The van der Waals surface area contributed by atoms with E-state index in [9.17, 15) is 0 Å². The second-order valence-electron chi connectivity index (χ2n) is 10.6. The molecule has 1 unspecified atom stereocenters. The Balaban J connectivity index is 1.61. The van der Waals surface area contributed by atoms with Crippen LogP contribution in [0.5, 0.6) is 11.5 Å². The van der Waals surface area contributed by atoms with E-state index in [1.165, 1.54) is 22.3 Å². The number of hydrogen-bond acceptors (Lipinski definition) is 4. The maximum absolute atomic E-state index is 5.91. The summed E-state index contributed by atoms with van der Waals surface area (Å²) in [6.45, 7) is 16.6. The molecule has 2 aromatic carbocycles. The van der Waals surface area contributed by atoms with E-state index in [1.54, 1.807) is 7.11 Å². The van der Waals surface area contributed by atoms with Gasteiger partial charge >= 0.3 is 0 Å². The van der Waals surface area contributed by atoms with Crippen LogP contribution >= 0.6 is 0 Å². The Bertz CT molecular complexity index is 914. The normalized spacial score (nSPS) is 20.2. The van der Waals surface area contributed by atoms with Crippen LogP contribution < -0.4 is 9.47 Å². The smallest absolute Gasteiger partial charge is 0.164 e. The van der Waals surface area contributed by atoms with Gasteiger partial charge in [-0.1, -0.05) is 44.2 Å². The minimum absolute atomic E-state index is 0.132. The summed E-state index contributed by atoms with van der Waals surface area (Å²) in [4.78, 5) is 5.32. The summed E-state index contributed by atoms with van der Waals surface area (Å²) in [5.74, 6) is 2.35. The van der Waals surface area contributed by atoms with Crippen molar-refractivity contribution in [1.82, 2.24) is 9.80 Å².